The van der Waals surface area contributed by atoms with E-state index in [0.29, 0.717) is 21.8 Å². The highest BCUT2D eigenvalue weighted by molar-refractivity contribution is 6.30. The second-order valence-corrected chi connectivity index (χ2v) is 6.79. The van der Waals surface area contributed by atoms with E-state index in [-0.39, 0.29) is 33.9 Å². The monoisotopic (exact) mass is 407 g/mol. The molecule has 1 aromatic heterocycles. The van der Waals surface area contributed by atoms with Gasteiger partial charge in [0, 0.05) is 28.4 Å². The number of anilines is 1. The lowest BCUT2D eigenvalue weighted by Crippen LogP contribution is -2.11. The molecule has 0 spiro atoms. The molecule has 0 aliphatic carbocycles. The maximum atomic E-state index is 12.8. The third kappa shape index (κ3) is 3.66. The van der Waals surface area contributed by atoms with E-state index in [1.54, 1.807) is 48.5 Å². The first-order chi connectivity index (χ1) is 13.9. The number of fused-ring (bicyclic) bond motifs is 1. The van der Waals surface area contributed by atoms with E-state index in [0.717, 1.165) is 6.07 Å². The fourth-order valence-electron chi connectivity index (χ4n) is 2.96. The number of hydrogen-bond donors (Lipinski definition) is 3. The first-order valence-electron chi connectivity index (χ1n) is 8.57. The van der Waals surface area contributed by atoms with Crippen molar-refractivity contribution < 1.29 is 19.4 Å². The maximum Gasteiger partial charge on any atom is 0.255 e. The van der Waals surface area contributed by atoms with Crippen LogP contribution in [0, 0.1) is 0 Å². The van der Waals surface area contributed by atoms with E-state index in [4.69, 9.17) is 16.0 Å². The summed E-state index contributed by atoms with van der Waals surface area (Å²) in [6.07, 6.45) is 1.27. The fourth-order valence-corrected chi connectivity index (χ4v) is 3.08. The SMILES string of the molecule is O=C(Nc1ccc(-c2coc3cc(O)cc(O)c3c2=O)cc1)c1ccc(Cl)cc1. The number of phenolic OH excluding ortho intramolecular Hbond substituents is 2. The van der Waals surface area contributed by atoms with E-state index in [9.17, 15) is 19.8 Å². The Morgan fingerprint density at radius 1 is 0.966 bits per heavy atom. The molecule has 29 heavy (non-hydrogen) atoms. The van der Waals surface area contributed by atoms with E-state index >= 15 is 0 Å². The Labute approximate surface area is 169 Å². The summed E-state index contributed by atoms with van der Waals surface area (Å²) in [5, 5.41) is 22.8. The Kier molecular flexibility index (Phi) is 4.70. The highest BCUT2D eigenvalue weighted by atomic mass is 35.5. The average Bonchev–Trinajstić information content (AvgIpc) is 2.69. The number of amides is 1. The molecule has 0 saturated carbocycles. The highest BCUT2D eigenvalue weighted by Gasteiger charge is 2.14. The van der Waals surface area contributed by atoms with Crippen LogP contribution in [0.15, 0.2) is 76.1 Å². The van der Waals surface area contributed by atoms with Crippen LogP contribution in [0.5, 0.6) is 11.5 Å². The number of carbonyl (C=O) groups excluding carboxylic acids is 1. The number of benzene rings is 3. The normalized spacial score (nSPS) is 10.8. The smallest absolute Gasteiger partial charge is 0.255 e. The molecule has 1 amide bonds. The van der Waals surface area contributed by atoms with Crippen LogP contribution >= 0.6 is 11.6 Å². The topological polar surface area (TPSA) is 99.8 Å². The molecule has 0 atom stereocenters. The molecule has 0 unspecified atom stereocenters. The molecule has 0 aliphatic rings. The molecule has 4 rings (SSSR count). The molecule has 3 N–H and O–H groups in total. The standard InChI is InChI=1S/C22H14ClNO5/c23-14-5-1-13(2-6-14)22(28)24-15-7-3-12(4-8-15)17-11-29-19-10-16(25)9-18(26)20(19)21(17)27/h1-11,25-26H,(H,24,28). The molecule has 6 nitrogen and oxygen atoms in total. The van der Waals surface area contributed by atoms with Gasteiger partial charge in [0.1, 0.15) is 28.7 Å². The van der Waals surface area contributed by atoms with Gasteiger partial charge in [0.25, 0.3) is 5.91 Å². The van der Waals surface area contributed by atoms with Crippen molar-refractivity contribution in [1.82, 2.24) is 0 Å². The van der Waals surface area contributed by atoms with Gasteiger partial charge in [-0.2, -0.15) is 0 Å². The summed E-state index contributed by atoms with van der Waals surface area (Å²) in [4.78, 5) is 25.0. The zero-order chi connectivity index (χ0) is 20.5. The van der Waals surface area contributed by atoms with Gasteiger partial charge in [-0.15, -0.1) is 0 Å². The number of carbonyl (C=O) groups is 1. The third-order valence-corrected chi connectivity index (χ3v) is 4.65. The molecule has 4 aromatic rings. The lowest BCUT2D eigenvalue weighted by Gasteiger charge is -2.08. The summed E-state index contributed by atoms with van der Waals surface area (Å²) >= 11 is 5.83. The molecule has 0 radical (unpaired) electrons. The Hall–Kier alpha value is -3.77. The van der Waals surface area contributed by atoms with E-state index in [1.807, 2.05) is 0 Å². The summed E-state index contributed by atoms with van der Waals surface area (Å²) in [7, 11) is 0. The van der Waals surface area contributed by atoms with E-state index in [1.165, 1.54) is 12.3 Å². The molecule has 0 fully saturated rings. The largest absolute Gasteiger partial charge is 0.508 e. The van der Waals surface area contributed by atoms with Gasteiger partial charge in [0.05, 0.1) is 5.56 Å². The second kappa shape index (κ2) is 7.33. The van der Waals surface area contributed by atoms with Crippen LogP contribution in [0.1, 0.15) is 10.4 Å². The van der Waals surface area contributed by atoms with Gasteiger partial charge in [-0.1, -0.05) is 23.7 Å². The average molecular weight is 408 g/mol. The molecule has 1 heterocycles. The predicted octanol–water partition coefficient (Wildman–Crippen LogP) is 4.78. The summed E-state index contributed by atoms with van der Waals surface area (Å²) in [6.45, 7) is 0. The van der Waals surface area contributed by atoms with E-state index in [2.05, 4.69) is 5.32 Å². The Bertz CT molecular complexity index is 1280. The zero-order valence-electron chi connectivity index (χ0n) is 14.8. The highest BCUT2D eigenvalue weighted by Crippen LogP contribution is 2.30. The summed E-state index contributed by atoms with van der Waals surface area (Å²) < 4.78 is 5.40. The summed E-state index contributed by atoms with van der Waals surface area (Å²) in [5.41, 5.74) is 1.47. The lowest BCUT2D eigenvalue weighted by molar-refractivity contribution is 0.102. The number of nitrogens with one attached hydrogen (secondary N) is 1. The van der Waals surface area contributed by atoms with Gasteiger partial charge in [-0.3, -0.25) is 9.59 Å². The molecule has 3 aromatic carbocycles. The number of rotatable bonds is 3. The number of phenols is 2. The molecule has 7 heteroatoms. The first kappa shape index (κ1) is 18.6. The van der Waals surface area contributed by atoms with Crippen LogP contribution in [0.2, 0.25) is 5.02 Å². The Morgan fingerprint density at radius 3 is 2.34 bits per heavy atom. The predicted molar refractivity (Wildman–Crippen MR) is 111 cm³/mol. The van der Waals surface area contributed by atoms with Gasteiger partial charge in [-0.25, -0.2) is 0 Å². The van der Waals surface area contributed by atoms with Gasteiger partial charge < -0.3 is 19.9 Å². The Balaban J connectivity index is 1.63. The van der Waals surface area contributed by atoms with Crippen molar-refractivity contribution in [2.75, 3.05) is 5.32 Å². The number of halogens is 1. The van der Waals surface area contributed by atoms with Crippen molar-refractivity contribution >= 4 is 34.2 Å². The van der Waals surface area contributed by atoms with Crippen LogP contribution in [0.4, 0.5) is 5.69 Å². The van der Waals surface area contributed by atoms with Gasteiger partial charge in [0.15, 0.2) is 0 Å². The quantitative estimate of drug-likeness (QED) is 0.454. The number of aromatic hydroxyl groups is 2. The summed E-state index contributed by atoms with van der Waals surface area (Å²) in [6, 6.07) is 15.5. The van der Waals surface area contributed by atoms with Gasteiger partial charge in [-0.05, 0) is 42.0 Å². The van der Waals surface area contributed by atoms with Gasteiger partial charge >= 0.3 is 0 Å². The minimum Gasteiger partial charge on any atom is -0.508 e. The van der Waals surface area contributed by atoms with E-state index < -0.39 is 5.43 Å². The zero-order valence-corrected chi connectivity index (χ0v) is 15.6. The van der Waals surface area contributed by atoms with Crippen molar-refractivity contribution in [2.45, 2.75) is 0 Å². The minimum absolute atomic E-state index is 0.0135. The summed E-state index contributed by atoms with van der Waals surface area (Å²) in [5.74, 6) is -0.849. The number of hydrogen-bond acceptors (Lipinski definition) is 5. The first-order valence-corrected chi connectivity index (χ1v) is 8.95. The molecule has 0 bridgehead atoms. The molecule has 0 aliphatic heterocycles. The van der Waals surface area contributed by atoms with Crippen molar-refractivity contribution in [3.63, 3.8) is 0 Å². The van der Waals surface area contributed by atoms with Crippen LogP contribution in [0.25, 0.3) is 22.1 Å². The van der Waals surface area contributed by atoms with Crippen LogP contribution < -0.4 is 10.7 Å². The van der Waals surface area contributed by atoms with Crippen molar-refractivity contribution in [2.24, 2.45) is 0 Å². The third-order valence-electron chi connectivity index (χ3n) is 4.40. The van der Waals surface area contributed by atoms with Crippen LogP contribution in [-0.4, -0.2) is 16.1 Å². The Morgan fingerprint density at radius 2 is 1.66 bits per heavy atom. The van der Waals surface area contributed by atoms with Crippen molar-refractivity contribution in [3.8, 4) is 22.6 Å². The minimum atomic E-state index is -0.429. The molecular formula is C22H14ClNO5. The lowest BCUT2D eigenvalue weighted by atomic mass is 10.0. The van der Waals surface area contributed by atoms with Crippen LogP contribution in [-0.2, 0) is 0 Å². The maximum absolute atomic E-state index is 12.8. The van der Waals surface area contributed by atoms with Crippen molar-refractivity contribution in [3.05, 3.63) is 87.7 Å². The van der Waals surface area contributed by atoms with Crippen molar-refractivity contribution in [1.29, 1.82) is 0 Å². The molecule has 0 saturated heterocycles. The molecule has 144 valence electrons. The second-order valence-electron chi connectivity index (χ2n) is 6.35. The fraction of sp³-hybridized carbons (Fsp3) is 0. The molecular weight excluding hydrogens is 394 g/mol. The van der Waals surface area contributed by atoms with Gasteiger partial charge in [0.2, 0.25) is 5.43 Å². The van der Waals surface area contributed by atoms with Crippen LogP contribution in [0.3, 0.4) is 0 Å².